The first-order valence-corrected chi connectivity index (χ1v) is 15.1. The second-order valence-electron chi connectivity index (χ2n) is 14.6. The van der Waals surface area contributed by atoms with Gasteiger partial charge in [0, 0.05) is 82.3 Å². The lowest BCUT2D eigenvalue weighted by atomic mass is 9.94. The predicted octanol–water partition coefficient (Wildman–Crippen LogP) is 3.86. The van der Waals surface area contributed by atoms with Crippen LogP contribution in [0.4, 0.5) is 9.59 Å². The van der Waals surface area contributed by atoms with E-state index in [9.17, 15) is 14.4 Å². The predicted molar refractivity (Wildman–Crippen MR) is 156 cm³/mol. The highest BCUT2D eigenvalue weighted by Gasteiger charge is 2.44. The molecule has 40 heavy (non-hydrogen) atoms. The maximum absolute atomic E-state index is 12.1. The maximum atomic E-state index is 12.1. The average molecular weight is 566 g/mol. The van der Waals surface area contributed by atoms with E-state index in [1.165, 1.54) is 0 Å². The number of carbonyl (C=O) groups excluding carboxylic acids is 3. The largest absolute Gasteiger partial charge is 0.444 e. The molecule has 2 amide bonds. The van der Waals surface area contributed by atoms with E-state index in [4.69, 9.17) is 15.2 Å². The van der Waals surface area contributed by atoms with Gasteiger partial charge in [0.1, 0.15) is 17.0 Å². The number of hydrogen-bond donors (Lipinski definition) is 1. The molecule has 0 aromatic heterocycles. The minimum Gasteiger partial charge on any atom is -0.444 e. The maximum Gasteiger partial charge on any atom is 0.410 e. The molecule has 10 heteroatoms. The average Bonchev–Trinajstić information content (AvgIpc) is 3.43. The van der Waals surface area contributed by atoms with E-state index in [0.29, 0.717) is 31.2 Å². The van der Waals surface area contributed by atoms with E-state index in [2.05, 4.69) is 23.6 Å². The number of nitrogens with two attached hydrogens (primary N) is 1. The lowest BCUT2D eigenvalue weighted by Crippen LogP contribution is -2.53. The van der Waals surface area contributed by atoms with Gasteiger partial charge >= 0.3 is 12.2 Å². The van der Waals surface area contributed by atoms with Crippen LogP contribution in [0, 0.1) is 0 Å². The lowest BCUT2D eigenvalue weighted by Gasteiger charge is -2.42. The van der Waals surface area contributed by atoms with Crippen LogP contribution in [-0.2, 0) is 14.3 Å². The number of nitrogens with zero attached hydrogens (tertiary/aromatic N) is 4. The second kappa shape index (κ2) is 12.5. The van der Waals surface area contributed by atoms with Crippen molar-refractivity contribution in [3.63, 3.8) is 0 Å². The van der Waals surface area contributed by atoms with Crippen molar-refractivity contribution in [2.45, 2.75) is 122 Å². The summed E-state index contributed by atoms with van der Waals surface area (Å²) in [6.07, 6.45) is 4.94. The van der Waals surface area contributed by atoms with Gasteiger partial charge in [-0.3, -0.25) is 14.6 Å². The number of rotatable bonds is 2. The van der Waals surface area contributed by atoms with Gasteiger partial charge in [0.15, 0.2) is 0 Å². The summed E-state index contributed by atoms with van der Waals surface area (Å²) in [6.45, 7) is 22.5. The van der Waals surface area contributed by atoms with Gasteiger partial charge in [-0.15, -0.1) is 0 Å². The molecule has 4 rings (SSSR count). The highest BCUT2D eigenvalue weighted by atomic mass is 16.6. The first-order chi connectivity index (χ1) is 18.4. The molecule has 2 unspecified atom stereocenters. The summed E-state index contributed by atoms with van der Waals surface area (Å²) in [5, 5.41) is 0. The molecule has 4 fully saturated rings. The topological polar surface area (TPSA) is 109 Å². The summed E-state index contributed by atoms with van der Waals surface area (Å²) in [6, 6.07) is 0.346. The Hall–Kier alpha value is -1.91. The fourth-order valence-corrected chi connectivity index (χ4v) is 6.11. The molecule has 0 aliphatic carbocycles. The van der Waals surface area contributed by atoms with Gasteiger partial charge in [-0.2, -0.15) is 0 Å². The van der Waals surface area contributed by atoms with Crippen molar-refractivity contribution in [2.24, 2.45) is 5.73 Å². The van der Waals surface area contributed by atoms with Crippen LogP contribution in [0.15, 0.2) is 0 Å². The SMILES string of the molecule is CC(C)(C)OC(=O)N1CCC(C)(N2CCC(=O)CC2)C1.CC(C)(C)OC(=O)N1CCC(C)(N2CCC(N)CC2)C1. The Morgan fingerprint density at radius 1 is 0.725 bits per heavy atom. The Morgan fingerprint density at radius 2 is 1.10 bits per heavy atom. The van der Waals surface area contributed by atoms with E-state index >= 15 is 0 Å². The van der Waals surface area contributed by atoms with Crippen LogP contribution in [0.25, 0.3) is 0 Å². The molecule has 10 nitrogen and oxygen atoms in total. The molecule has 4 heterocycles. The minimum absolute atomic E-state index is 0.0163. The summed E-state index contributed by atoms with van der Waals surface area (Å²) >= 11 is 0. The fourth-order valence-electron chi connectivity index (χ4n) is 6.11. The van der Waals surface area contributed by atoms with Crippen molar-refractivity contribution in [3.8, 4) is 0 Å². The highest BCUT2D eigenvalue weighted by molar-refractivity contribution is 5.79. The number of likely N-dealkylation sites (tertiary alicyclic amines) is 4. The van der Waals surface area contributed by atoms with Gasteiger partial charge < -0.3 is 25.0 Å². The zero-order valence-corrected chi connectivity index (χ0v) is 26.4. The Labute approximate surface area is 241 Å². The van der Waals surface area contributed by atoms with Gasteiger partial charge in [0.25, 0.3) is 0 Å². The second-order valence-corrected chi connectivity index (χ2v) is 14.6. The van der Waals surface area contributed by atoms with E-state index in [0.717, 1.165) is 71.5 Å². The van der Waals surface area contributed by atoms with Crippen molar-refractivity contribution >= 4 is 18.0 Å². The molecule has 2 N–H and O–H groups in total. The van der Waals surface area contributed by atoms with E-state index in [-0.39, 0.29) is 23.3 Å². The number of amides is 2. The summed E-state index contributed by atoms with van der Waals surface area (Å²) < 4.78 is 10.9. The quantitative estimate of drug-likeness (QED) is 0.538. The number of hydrogen-bond acceptors (Lipinski definition) is 8. The van der Waals surface area contributed by atoms with Crippen molar-refractivity contribution in [3.05, 3.63) is 0 Å². The van der Waals surface area contributed by atoms with E-state index < -0.39 is 11.2 Å². The molecule has 0 radical (unpaired) electrons. The number of carbonyl (C=O) groups is 3. The van der Waals surface area contributed by atoms with Crippen molar-refractivity contribution in [1.82, 2.24) is 19.6 Å². The smallest absolute Gasteiger partial charge is 0.410 e. The molecule has 2 atom stereocenters. The van der Waals surface area contributed by atoms with Crippen LogP contribution >= 0.6 is 0 Å². The van der Waals surface area contributed by atoms with Crippen LogP contribution < -0.4 is 5.73 Å². The molecule has 0 spiro atoms. The molecule has 4 aliphatic heterocycles. The van der Waals surface area contributed by atoms with E-state index in [1.54, 1.807) is 4.90 Å². The van der Waals surface area contributed by atoms with Crippen LogP contribution in [0.5, 0.6) is 0 Å². The monoisotopic (exact) mass is 565 g/mol. The Bertz CT molecular complexity index is 897. The Morgan fingerprint density at radius 3 is 1.48 bits per heavy atom. The minimum atomic E-state index is -0.451. The molecule has 0 aromatic carbocycles. The van der Waals surface area contributed by atoms with Gasteiger partial charge in [0.2, 0.25) is 0 Å². The van der Waals surface area contributed by atoms with Gasteiger partial charge in [-0.05, 0) is 81.1 Å². The third-order valence-corrected chi connectivity index (χ3v) is 8.59. The number of ketones is 1. The van der Waals surface area contributed by atoms with Crippen molar-refractivity contribution in [1.29, 1.82) is 0 Å². The van der Waals surface area contributed by atoms with Gasteiger partial charge in [-0.25, -0.2) is 9.59 Å². The standard InChI is InChI=1S/C15H29N3O2.C15H26N2O3/c1-14(2,3)20-13(19)17-10-7-15(4,11-17)18-8-5-12(16)6-9-18;1-14(2,3)20-13(19)16-10-7-15(4,11-16)17-8-5-12(18)6-9-17/h12H,5-11,16H2,1-4H3;5-11H2,1-4H3. The molecule has 0 bridgehead atoms. The van der Waals surface area contributed by atoms with Crippen molar-refractivity contribution in [2.75, 3.05) is 52.4 Å². The van der Waals surface area contributed by atoms with E-state index in [1.807, 2.05) is 46.4 Å². The van der Waals surface area contributed by atoms with Crippen LogP contribution in [-0.4, -0.2) is 118 Å². The molecule has 4 aliphatic rings. The molecular formula is C30H55N5O5. The first kappa shape index (κ1) is 32.6. The molecule has 230 valence electrons. The van der Waals surface area contributed by atoms with Crippen molar-refractivity contribution < 1.29 is 23.9 Å². The Balaban J connectivity index is 0.000000220. The van der Waals surface area contributed by atoms with Crippen LogP contribution in [0.3, 0.4) is 0 Å². The number of Topliss-reactive ketones (excluding diaryl/α,β-unsaturated/α-hetero) is 1. The highest BCUT2D eigenvalue weighted by Crippen LogP contribution is 2.32. The third kappa shape index (κ3) is 9.05. The van der Waals surface area contributed by atoms with Gasteiger partial charge in [-0.1, -0.05) is 0 Å². The zero-order valence-electron chi connectivity index (χ0n) is 26.4. The molecule has 0 saturated carbocycles. The summed E-state index contributed by atoms with van der Waals surface area (Å²) in [7, 11) is 0. The summed E-state index contributed by atoms with van der Waals surface area (Å²) in [5.41, 5.74) is 5.16. The molecule has 0 aromatic rings. The van der Waals surface area contributed by atoms with Crippen LogP contribution in [0.2, 0.25) is 0 Å². The van der Waals surface area contributed by atoms with Gasteiger partial charge in [0.05, 0.1) is 0 Å². The Kier molecular flexibility index (Phi) is 10.2. The lowest BCUT2D eigenvalue weighted by molar-refractivity contribution is -0.122. The third-order valence-electron chi connectivity index (χ3n) is 8.59. The first-order valence-electron chi connectivity index (χ1n) is 15.1. The fraction of sp³-hybridized carbons (Fsp3) is 0.900. The summed E-state index contributed by atoms with van der Waals surface area (Å²) in [5.74, 6) is 0.354. The molecular weight excluding hydrogens is 510 g/mol. The number of piperidine rings is 2. The number of ether oxygens (including phenoxy) is 2. The summed E-state index contributed by atoms with van der Waals surface area (Å²) in [4.78, 5) is 44.1. The van der Waals surface area contributed by atoms with Crippen LogP contribution in [0.1, 0.15) is 93.9 Å². The molecule has 4 saturated heterocycles. The zero-order chi connectivity index (χ0) is 29.9. The normalized spacial score (nSPS) is 29.3.